The molecular formula is C18H22N4O3S. The Bertz CT molecular complexity index is 792. The van der Waals surface area contributed by atoms with Crippen molar-refractivity contribution in [1.29, 1.82) is 0 Å². The van der Waals surface area contributed by atoms with Gasteiger partial charge in [-0.2, -0.15) is 0 Å². The molecule has 3 rings (SSSR count). The number of carbonyl (C=O) groups excluding carboxylic acids is 2. The van der Waals surface area contributed by atoms with E-state index in [1.165, 1.54) is 11.3 Å². The Balaban J connectivity index is 1.59. The highest BCUT2D eigenvalue weighted by atomic mass is 32.1. The number of ether oxygens (including phenoxy) is 1. The first-order valence-corrected chi connectivity index (χ1v) is 9.35. The second kappa shape index (κ2) is 8.18. The summed E-state index contributed by atoms with van der Waals surface area (Å²) < 4.78 is 5.24. The molecule has 1 aliphatic rings. The predicted octanol–water partition coefficient (Wildman–Crippen LogP) is 2.04. The lowest BCUT2D eigenvalue weighted by molar-refractivity contribution is -0.131. The first-order chi connectivity index (χ1) is 12.5. The van der Waals surface area contributed by atoms with Gasteiger partial charge >= 0.3 is 0 Å². The highest BCUT2D eigenvalue weighted by Crippen LogP contribution is 2.19. The summed E-state index contributed by atoms with van der Waals surface area (Å²) in [7, 11) is 1.62. The second-order valence-electron chi connectivity index (χ2n) is 6.24. The number of aromatic nitrogens is 1. The van der Waals surface area contributed by atoms with Crippen LogP contribution in [0.3, 0.4) is 0 Å². The second-order valence-corrected chi connectivity index (χ2v) is 7.13. The molecule has 1 fully saturated rings. The molecule has 7 nitrogen and oxygen atoms in total. The topological polar surface area (TPSA) is 97.6 Å². The summed E-state index contributed by atoms with van der Waals surface area (Å²) in [5.41, 5.74) is 6.93. The first kappa shape index (κ1) is 18.2. The summed E-state index contributed by atoms with van der Waals surface area (Å²) in [4.78, 5) is 30.5. The van der Waals surface area contributed by atoms with Crippen molar-refractivity contribution >= 4 is 28.3 Å². The molecule has 8 heteroatoms. The quantitative estimate of drug-likeness (QED) is 0.835. The molecule has 1 aliphatic heterocycles. The van der Waals surface area contributed by atoms with Crippen molar-refractivity contribution < 1.29 is 14.3 Å². The fourth-order valence-corrected chi connectivity index (χ4v) is 3.53. The molecule has 2 aromatic rings. The Morgan fingerprint density at radius 1 is 1.46 bits per heavy atom. The number of methoxy groups -OCH3 is 1. The van der Waals surface area contributed by atoms with Crippen molar-refractivity contribution in [3.05, 3.63) is 40.9 Å². The largest absolute Gasteiger partial charge is 0.497 e. The van der Waals surface area contributed by atoms with Gasteiger partial charge in [0, 0.05) is 30.9 Å². The number of thiazole rings is 1. The maximum absolute atomic E-state index is 12.4. The SMILES string of the molecule is COc1cccc(CN2CCC(NC(=O)c3csc(N)n3)CCC2=O)c1. The fourth-order valence-electron chi connectivity index (χ4n) is 2.99. The maximum Gasteiger partial charge on any atom is 0.271 e. The number of benzene rings is 1. The molecule has 0 spiro atoms. The van der Waals surface area contributed by atoms with Gasteiger partial charge in [0.1, 0.15) is 11.4 Å². The van der Waals surface area contributed by atoms with Crippen LogP contribution in [0.1, 0.15) is 35.3 Å². The van der Waals surface area contributed by atoms with Crippen molar-refractivity contribution in [3.8, 4) is 5.75 Å². The number of likely N-dealkylation sites (tertiary alicyclic amines) is 1. The fraction of sp³-hybridized carbons (Fsp3) is 0.389. The molecule has 0 aliphatic carbocycles. The number of rotatable bonds is 5. The Hall–Kier alpha value is -2.61. The maximum atomic E-state index is 12.4. The zero-order valence-corrected chi connectivity index (χ0v) is 15.4. The van der Waals surface area contributed by atoms with Crippen molar-refractivity contribution in [2.75, 3.05) is 19.4 Å². The molecule has 3 N–H and O–H groups in total. The summed E-state index contributed by atoms with van der Waals surface area (Å²) in [6.45, 7) is 1.14. The third-order valence-corrected chi connectivity index (χ3v) is 5.08. The molecule has 1 unspecified atom stereocenters. The first-order valence-electron chi connectivity index (χ1n) is 8.47. The van der Waals surface area contributed by atoms with E-state index in [9.17, 15) is 9.59 Å². The van der Waals surface area contributed by atoms with E-state index in [1.54, 1.807) is 12.5 Å². The Morgan fingerprint density at radius 3 is 3.04 bits per heavy atom. The van der Waals surface area contributed by atoms with Crippen LogP contribution in [0.25, 0.3) is 0 Å². The van der Waals surface area contributed by atoms with Crippen molar-refractivity contribution in [1.82, 2.24) is 15.2 Å². The molecule has 0 radical (unpaired) electrons. The van der Waals surface area contributed by atoms with Crippen LogP contribution in [-0.4, -0.2) is 41.4 Å². The number of anilines is 1. The van der Waals surface area contributed by atoms with Gasteiger partial charge in [-0.05, 0) is 30.5 Å². The zero-order valence-electron chi connectivity index (χ0n) is 14.6. The molecule has 1 aromatic carbocycles. The summed E-state index contributed by atoms with van der Waals surface area (Å²) in [5, 5.41) is 4.97. The Morgan fingerprint density at radius 2 is 2.31 bits per heavy atom. The number of nitrogens with zero attached hydrogens (tertiary/aromatic N) is 2. The number of nitrogen functional groups attached to an aromatic ring is 1. The summed E-state index contributed by atoms with van der Waals surface area (Å²) in [5.74, 6) is 0.636. The minimum absolute atomic E-state index is 0.0512. The minimum Gasteiger partial charge on any atom is -0.497 e. The van der Waals surface area contributed by atoms with Crippen molar-refractivity contribution in [2.45, 2.75) is 31.8 Å². The third-order valence-electron chi connectivity index (χ3n) is 4.40. The van der Waals surface area contributed by atoms with Crippen LogP contribution in [-0.2, 0) is 11.3 Å². The molecule has 1 atom stereocenters. The number of hydrogen-bond acceptors (Lipinski definition) is 6. The number of carbonyl (C=O) groups is 2. The van der Waals surface area contributed by atoms with Gasteiger partial charge in [-0.15, -0.1) is 11.3 Å². The van der Waals surface area contributed by atoms with Crippen LogP contribution in [0, 0.1) is 0 Å². The van der Waals surface area contributed by atoms with E-state index in [1.807, 2.05) is 29.2 Å². The van der Waals surface area contributed by atoms with Gasteiger partial charge in [0.05, 0.1) is 7.11 Å². The van der Waals surface area contributed by atoms with Gasteiger partial charge in [0.2, 0.25) is 5.91 Å². The molecule has 138 valence electrons. The highest BCUT2D eigenvalue weighted by molar-refractivity contribution is 7.13. The average molecular weight is 374 g/mol. The van der Waals surface area contributed by atoms with Crippen molar-refractivity contribution in [3.63, 3.8) is 0 Å². The molecule has 26 heavy (non-hydrogen) atoms. The number of nitrogens with one attached hydrogen (secondary N) is 1. The van der Waals surface area contributed by atoms with E-state index in [0.717, 1.165) is 11.3 Å². The molecule has 1 aromatic heterocycles. The molecule has 0 bridgehead atoms. The van der Waals surface area contributed by atoms with Crippen LogP contribution >= 0.6 is 11.3 Å². The Kier molecular flexibility index (Phi) is 5.72. The predicted molar refractivity (Wildman–Crippen MR) is 100 cm³/mol. The molecule has 0 saturated carbocycles. The summed E-state index contributed by atoms with van der Waals surface area (Å²) >= 11 is 1.24. The van der Waals surface area contributed by atoms with Gasteiger partial charge in [-0.25, -0.2) is 4.98 Å². The average Bonchev–Trinajstić information content (AvgIpc) is 3.01. The van der Waals surface area contributed by atoms with E-state index in [-0.39, 0.29) is 17.9 Å². The number of nitrogens with two attached hydrogens (primary N) is 1. The lowest BCUT2D eigenvalue weighted by Crippen LogP contribution is -2.36. The highest BCUT2D eigenvalue weighted by Gasteiger charge is 2.24. The van der Waals surface area contributed by atoms with Crippen LogP contribution < -0.4 is 15.8 Å². The molecule has 2 heterocycles. The van der Waals surface area contributed by atoms with Gasteiger partial charge in [-0.3, -0.25) is 9.59 Å². The Labute approximate surface area is 156 Å². The summed E-state index contributed by atoms with van der Waals surface area (Å²) in [6.07, 6.45) is 1.74. The standard InChI is InChI=1S/C18H22N4O3S/c1-25-14-4-2-3-12(9-14)10-22-8-7-13(5-6-16(22)23)20-17(24)15-11-26-18(19)21-15/h2-4,9,11,13H,5-8,10H2,1H3,(H2,19,21)(H,20,24). The van der Waals surface area contributed by atoms with Gasteiger partial charge in [0.15, 0.2) is 5.13 Å². The van der Waals surface area contributed by atoms with Crippen molar-refractivity contribution in [2.24, 2.45) is 0 Å². The van der Waals surface area contributed by atoms with E-state index in [0.29, 0.717) is 43.2 Å². The minimum atomic E-state index is -0.239. The van der Waals surface area contributed by atoms with Crippen LogP contribution in [0.5, 0.6) is 5.75 Å². The molecule has 1 saturated heterocycles. The number of amides is 2. The van der Waals surface area contributed by atoms with Crippen LogP contribution in [0.15, 0.2) is 29.6 Å². The van der Waals surface area contributed by atoms with E-state index in [4.69, 9.17) is 10.5 Å². The van der Waals surface area contributed by atoms with E-state index >= 15 is 0 Å². The van der Waals surface area contributed by atoms with Gasteiger partial charge in [0.25, 0.3) is 5.91 Å². The monoisotopic (exact) mass is 374 g/mol. The molecular weight excluding hydrogens is 352 g/mol. The lowest BCUT2D eigenvalue weighted by Gasteiger charge is -2.21. The number of hydrogen-bond donors (Lipinski definition) is 2. The van der Waals surface area contributed by atoms with Crippen LogP contribution in [0.4, 0.5) is 5.13 Å². The third kappa shape index (κ3) is 4.51. The van der Waals surface area contributed by atoms with E-state index < -0.39 is 0 Å². The molecule has 2 amide bonds. The van der Waals surface area contributed by atoms with Crippen LogP contribution in [0.2, 0.25) is 0 Å². The summed E-state index contributed by atoms with van der Waals surface area (Å²) in [6, 6.07) is 7.66. The smallest absolute Gasteiger partial charge is 0.271 e. The zero-order chi connectivity index (χ0) is 18.5. The normalized spacial score (nSPS) is 17.7. The van der Waals surface area contributed by atoms with E-state index in [2.05, 4.69) is 10.3 Å². The van der Waals surface area contributed by atoms with Gasteiger partial charge in [-0.1, -0.05) is 12.1 Å². The lowest BCUT2D eigenvalue weighted by atomic mass is 10.1. The van der Waals surface area contributed by atoms with Gasteiger partial charge < -0.3 is 20.7 Å².